The second kappa shape index (κ2) is 5.30. The first kappa shape index (κ1) is 12.1. The Hall–Kier alpha value is -1.38. The molecule has 1 fully saturated rings. The van der Waals surface area contributed by atoms with Crippen LogP contribution in [0.15, 0.2) is 18.2 Å². The Bertz CT molecular complexity index is 370. The molecule has 1 saturated carbocycles. The van der Waals surface area contributed by atoms with Crippen LogP contribution in [-0.2, 0) is 0 Å². The molecule has 0 amide bonds. The van der Waals surface area contributed by atoms with Gasteiger partial charge in [-0.05, 0) is 25.7 Å². The highest BCUT2D eigenvalue weighted by Crippen LogP contribution is 2.29. The fourth-order valence-corrected chi connectivity index (χ4v) is 2.27. The maximum atomic E-state index is 9.67. The third kappa shape index (κ3) is 3.29. The predicted octanol–water partition coefficient (Wildman–Crippen LogP) is 3.17. The molecule has 0 atom stereocenters. The summed E-state index contributed by atoms with van der Waals surface area (Å²) in [5, 5.41) is 9.67. The van der Waals surface area contributed by atoms with Gasteiger partial charge in [-0.2, -0.15) is 0 Å². The average molecular weight is 235 g/mol. The number of ether oxygens (including phenoxy) is 1. The summed E-state index contributed by atoms with van der Waals surface area (Å²) in [6, 6.07) is 5.42. The van der Waals surface area contributed by atoms with E-state index in [-0.39, 0.29) is 5.75 Å². The molecule has 2 rings (SSSR count). The van der Waals surface area contributed by atoms with Gasteiger partial charge in [0.05, 0.1) is 6.10 Å². The molecule has 1 aliphatic carbocycles. The number of benzene rings is 1. The Morgan fingerprint density at radius 3 is 2.47 bits per heavy atom. The van der Waals surface area contributed by atoms with Crippen molar-refractivity contribution >= 4 is 5.69 Å². The Morgan fingerprint density at radius 2 is 1.82 bits per heavy atom. The maximum Gasteiger partial charge on any atom is 0.125 e. The lowest BCUT2D eigenvalue weighted by Gasteiger charge is -2.24. The molecule has 94 valence electrons. The third-order valence-corrected chi connectivity index (χ3v) is 3.25. The van der Waals surface area contributed by atoms with E-state index < -0.39 is 0 Å². The normalized spacial score (nSPS) is 16.8. The van der Waals surface area contributed by atoms with E-state index in [1.165, 1.54) is 19.3 Å². The molecular weight excluding hydrogens is 214 g/mol. The van der Waals surface area contributed by atoms with Crippen LogP contribution >= 0.6 is 0 Å². The van der Waals surface area contributed by atoms with Crippen molar-refractivity contribution in [2.75, 3.05) is 19.0 Å². The number of nitrogens with zero attached hydrogens (tertiary/aromatic N) is 1. The molecule has 1 aromatic carbocycles. The van der Waals surface area contributed by atoms with E-state index in [1.807, 2.05) is 25.1 Å². The summed E-state index contributed by atoms with van der Waals surface area (Å²) in [4.78, 5) is 1.97. The van der Waals surface area contributed by atoms with Gasteiger partial charge in [-0.1, -0.05) is 6.42 Å². The van der Waals surface area contributed by atoms with Gasteiger partial charge in [0.2, 0.25) is 0 Å². The summed E-state index contributed by atoms with van der Waals surface area (Å²) < 4.78 is 5.94. The summed E-state index contributed by atoms with van der Waals surface area (Å²) in [6.45, 7) is 0. The Morgan fingerprint density at radius 1 is 1.12 bits per heavy atom. The SMILES string of the molecule is CN(C)c1cc(O)cc(OC2CCCCC2)c1. The molecule has 3 nitrogen and oxygen atoms in total. The van der Waals surface area contributed by atoms with E-state index in [4.69, 9.17) is 4.74 Å². The minimum absolute atomic E-state index is 0.266. The van der Waals surface area contributed by atoms with Crippen LogP contribution in [0.25, 0.3) is 0 Å². The first-order chi connectivity index (χ1) is 8.15. The van der Waals surface area contributed by atoms with Crippen LogP contribution < -0.4 is 9.64 Å². The van der Waals surface area contributed by atoms with Crippen molar-refractivity contribution in [3.8, 4) is 11.5 Å². The lowest BCUT2D eigenvalue weighted by atomic mass is 9.98. The van der Waals surface area contributed by atoms with Gasteiger partial charge in [0.25, 0.3) is 0 Å². The van der Waals surface area contributed by atoms with Gasteiger partial charge in [-0.25, -0.2) is 0 Å². The number of phenols is 1. The zero-order valence-electron chi connectivity index (χ0n) is 10.6. The lowest BCUT2D eigenvalue weighted by molar-refractivity contribution is 0.154. The highest BCUT2D eigenvalue weighted by Gasteiger charge is 2.15. The van der Waals surface area contributed by atoms with Gasteiger partial charge in [0, 0.05) is 38.0 Å². The zero-order chi connectivity index (χ0) is 12.3. The van der Waals surface area contributed by atoms with E-state index in [2.05, 4.69) is 0 Å². The van der Waals surface area contributed by atoms with Gasteiger partial charge in [-0.15, -0.1) is 0 Å². The molecule has 0 aliphatic heterocycles. The predicted molar refractivity (Wildman–Crippen MR) is 69.9 cm³/mol. The zero-order valence-corrected chi connectivity index (χ0v) is 10.6. The quantitative estimate of drug-likeness (QED) is 0.873. The van der Waals surface area contributed by atoms with Crippen molar-refractivity contribution in [1.82, 2.24) is 0 Å². The van der Waals surface area contributed by atoms with Crippen molar-refractivity contribution in [3.63, 3.8) is 0 Å². The van der Waals surface area contributed by atoms with E-state index in [9.17, 15) is 5.11 Å². The monoisotopic (exact) mass is 235 g/mol. The van der Waals surface area contributed by atoms with E-state index in [0.717, 1.165) is 24.3 Å². The van der Waals surface area contributed by atoms with E-state index in [1.54, 1.807) is 12.1 Å². The fourth-order valence-electron chi connectivity index (χ4n) is 2.27. The third-order valence-electron chi connectivity index (χ3n) is 3.25. The highest BCUT2D eigenvalue weighted by molar-refractivity contribution is 5.54. The molecule has 0 unspecified atom stereocenters. The minimum atomic E-state index is 0.266. The van der Waals surface area contributed by atoms with Crippen molar-refractivity contribution in [1.29, 1.82) is 0 Å². The lowest BCUT2D eigenvalue weighted by Crippen LogP contribution is -2.19. The van der Waals surface area contributed by atoms with E-state index >= 15 is 0 Å². The topological polar surface area (TPSA) is 32.7 Å². The molecule has 0 spiro atoms. The van der Waals surface area contributed by atoms with Crippen LogP contribution in [0.2, 0.25) is 0 Å². The average Bonchev–Trinajstić information content (AvgIpc) is 2.29. The van der Waals surface area contributed by atoms with Gasteiger partial charge < -0.3 is 14.7 Å². The second-order valence-corrected chi connectivity index (χ2v) is 4.96. The van der Waals surface area contributed by atoms with Crippen LogP contribution in [-0.4, -0.2) is 25.3 Å². The van der Waals surface area contributed by atoms with Crippen molar-refractivity contribution in [2.24, 2.45) is 0 Å². The Labute approximate surface area is 103 Å². The van der Waals surface area contributed by atoms with Gasteiger partial charge >= 0.3 is 0 Å². The summed E-state index contributed by atoms with van der Waals surface area (Å²) >= 11 is 0. The smallest absolute Gasteiger partial charge is 0.125 e. The van der Waals surface area contributed by atoms with Crippen molar-refractivity contribution < 1.29 is 9.84 Å². The molecule has 3 heteroatoms. The molecule has 0 bridgehead atoms. The second-order valence-electron chi connectivity index (χ2n) is 4.96. The number of aromatic hydroxyl groups is 1. The highest BCUT2D eigenvalue weighted by atomic mass is 16.5. The number of phenolic OH excluding ortho intramolecular Hbond substituents is 1. The Kier molecular flexibility index (Phi) is 3.77. The van der Waals surface area contributed by atoms with Crippen LogP contribution in [0.5, 0.6) is 11.5 Å². The molecule has 0 radical (unpaired) electrons. The number of hydrogen-bond donors (Lipinski definition) is 1. The molecule has 1 N–H and O–H groups in total. The molecule has 0 heterocycles. The molecule has 0 aromatic heterocycles. The fraction of sp³-hybridized carbons (Fsp3) is 0.571. The molecule has 0 saturated heterocycles. The molecular formula is C14H21NO2. The number of anilines is 1. The first-order valence-corrected chi connectivity index (χ1v) is 6.33. The maximum absolute atomic E-state index is 9.67. The minimum Gasteiger partial charge on any atom is -0.508 e. The van der Waals surface area contributed by atoms with Crippen LogP contribution in [0, 0.1) is 0 Å². The summed E-state index contributed by atoms with van der Waals surface area (Å²) in [5.74, 6) is 1.04. The molecule has 17 heavy (non-hydrogen) atoms. The van der Waals surface area contributed by atoms with Crippen LogP contribution in [0.1, 0.15) is 32.1 Å². The standard InChI is InChI=1S/C14H21NO2/c1-15(2)11-8-12(16)10-14(9-11)17-13-6-4-3-5-7-13/h8-10,13,16H,3-7H2,1-2H3. The number of hydrogen-bond acceptors (Lipinski definition) is 3. The largest absolute Gasteiger partial charge is 0.508 e. The number of rotatable bonds is 3. The summed E-state index contributed by atoms with van der Waals surface area (Å²) in [6.07, 6.45) is 6.41. The van der Waals surface area contributed by atoms with Gasteiger partial charge in [0.1, 0.15) is 11.5 Å². The Balaban J connectivity index is 2.09. The van der Waals surface area contributed by atoms with Crippen LogP contribution in [0.3, 0.4) is 0 Å². The van der Waals surface area contributed by atoms with E-state index in [0.29, 0.717) is 6.10 Å². The summed E-state index contributed by atoms with van der Waals surface area (Å²) in [5.41, 5.74) is 0.968. The van der Waals surface area contributed by atoms with Crippen molar-refractivity contribution in [2.45, 2.75) is 38.2 Å². The summed E-state index contributed by atoms with van der Waals surface area (Å²) in [7, 11) is 3.92. The molecule has 1 aliphatic rings. The molecule has 1 aromatic rings. The van der Waals surface area contributed by atoms with Crippen LogP contribution in [0.4, 0.5) is 5.69 Å². The van der Waals surface area contributed by atoms with Crippen molar-refractivity contribution in [3.05, 3.63) is 18.2 Å². The first-order valence-electron chi connectivity index (χ1n) is 6.33. The van der Waals surface area contributed by atoms with Gasteiger partial charge in [-0.3, -0.25) is 0 Å². The van der Waals surface area contributed by atoms with Gasteiger partial charge in [0.15, 0.2) is 0 Å².